The van der Waals surface area contributed by atoms with Crippen molar-refractivity contribution in [3.05, 3.63) is 0 Å². The van der Waals surface area contributed by atoms with E-state index in [4.69, 9.17) is 9.47 Å². The van der Waals surface area contributed by atoms with Crippen LogP contribution in [0.5, 0.6) is 0 Å². The highest BCUT2D eigenvalue weighted by atomic mass is 16.5. The van der Waals surface area contributed by atoms with Gasteiger partial charge >= 0.3 is 5.97 Å². The van der Waals surface area contributed by atoms with Crippen LogP contribution in [0, 0.1) is 0 Å². The van der Waals surface area contributed by atoms with Gasteiger partial charge in [0, 0.05) is 12.8 Å². The van der Waals surface area contributed by atoms with Crippen molar-refractivity contribution in [1.29, 1.82) is 0 Å². The minimum atomic E-state index is -0.276. The summed E-state index contributed by atoms with van der Waals surface area (Å²) in [7, 11) is 1.68. The van der Waals surface area contributed by atoms with Crippen LogP contribution in [0.4, 0.5) is 0 Å². The fourth-order valence-electron chi connectivity index (χ4n) is 0.830. The lowest BCUT2D eigenvalue weighted by atomic mass is 10.3. The molecule has 0 radical (unpaired) electrons. The molecule has 1 N–H and O–H groups in total. The Kier molecular flexibility index (Phi) is 9.01. The second-order valence-electron chi connectivity index (χ2n) is 3.05. The maximum atomic E-state index is 10.9. The summed E-state index contributed by atoms with van der Waals surface area (Å²) in [6.07, 6.45) is 1.11. The van der Waals surface area contributed by atoms with Gasteiger partial charge in [-0.2, -0.15) is 0 Å². The van der Waals surface area contributed by atoms with Crippen molar-refractivity contribution in [2.75, 3.05) is 33.4 Å². The van der Waals surface area contributed by atoms with E-state index in [1.54, 1.807) is 14.0 Å². The smallest absolute Gasteiger partial charge is 0.319 e. The quantitative estimate of drug-likeness (QED) is 0.439. The number of esters is 1. The van der Waals surface area contributed by atoms with E-state index in [2.05, 4.69) is 5.32 Å². The van der Waals surface area contributed by atoms with Crippen LogP contribution in [0.2, 0.25) is 0 Å². The average molecular weight is 217 g/mol. The number of ketones is 1. The summed E-state index contributed by atoms with van der Waals surface area (Å²) < 4.78 is 9.92. The number of carbonyl (C=O) groups is 2. The van der Waals surface area contributed by atoms with E-state index in [0.717, 1.165) is 0 Å². The van der Waals surface area contributed by atoms with Crippen molar-refractivity contribution in [3.63, 3.8) is 0 Å². The molecule has 0 unspecified atom stereocenters. The van der Waals surface area contributed by atoms with Crippen molar-refractivity contribution in [1.82, 2.24) is 5.32 Å². The number of hydrogen-bond acceptors (Lipinski definition) is 5. The highest BCUT2D eigenvalue weighted by molar-refractivity contribution is 5.79. The molecule has 5 heteroatoms. The molecular formula is C10H19NO4. The Bertz CT molecular complexity index is 194. The minimum Gasteiger partial charge on any atom is -0.465 e. The summed E-state index contributed by atoms with van der Waals surface area (Å²) in [5.41, 5.74) is 0. The summed E-state index contributed by atoms with van der Waals surface area (Å²) in [6, 6.07) is 0. The van der Waals surface area contributed by atoms with E-state index in [1.165, 1.54) is 0 Å². The Balaban J connectivity index is 3.18. The predicted octanol–water partition coefficient (Wildman–Crippen LogP) is 0.135. The molecule has 0 bridgehead atoms. The first-order chi connectivity index (χ1) is 7.20. The Hall–Kier alpha value is -0.940. The van der Waals surface area contributed by atoms with Gasteiger partial charge in [-0.1, -0.05) is 6.92 Å². The summed E-state index contributed by atoms with van der Waals surface area (Å²) >= 11 is 0. The molecule has 0 atom stereocenters. The molecule has 0 rings (SSSR count). The van der Waals surface area contributed by atoms with Crippen molar-refractivity contribution in [2.24, 2.45) is 0 Å². The van der Waals surface area contributed by atoms with E-state index in [1.807, 2.05) is 0 Å². The second-order valence-corrected chi connectivity index (χ2v) is 3.05. The van der Waals surface area contributed by atoms with Crippen LogP contribution < -0.4 is 5.32 Å². The average Bonchev–Trinajstić information content (AvgIpc) is 2.23. The number of hydrogen-bond donors (Lipinski definition) is 1. The fraction of sp³-hybridized carbons (Fsp3) is 0.800. The number of carbonyl (C=O) groups excluding carboxylic acids is 2. The predicted molar refractivity (Wildman–Crippen MR) is 55.6 cm³/mol. The van der Waals surface area contributed by atoms with Crippen LogP contribution in [0.1, 0.15) is 19.8 Å². The van der Waals surface area contributed by atoms with Crippen molar-refractivity contribution < 1.29 is 19.1 Å². The molecule has 0 amide bonds. The summed E-state index contributed by atoms with van der Waals surface area (Å²) in [5, 5.41) is 2.69. The molecule has 0 aromatic heterocycles. The monoisotopic (exact) mass is 217 g/mol. The SMILES string of the molecule is CCC(=O)COCCCOC(=O)CNC. The first-order valence-electron chi connectivity index (χ1n) is 5.10. The van der Waals surface area contributed by atoms with E-state index < -0.39 is 0 Å². The number of Topliss-reactive ketones (excluding diaryl/α,β-unsaturated/α-hetero) is 1. The van der Waals surface area contributed by atoms with Crippen LogP contribution in [0.3, 0.4) is 0 Å². The molecular weight excluding hydrogens is 198 g/mol. The van der Waals surface area contributed by atoms with Gasteiger partial charge < -0.3 is 14.8 Å². The number of likely N-dealkylation sites (N-methyl/N-ethyl adjacent to an activating group) is 1. The van der Waals surface area contributed by atoms with E-state index >= 15 is 0 Å². The lowest BCUT2D eigenvalue weighted by Crippen LogP contribution is -2.21. The van der Waals surface area contributed by atoms with Crippen LogP contribution in [-0.2, 0) is 19.1 Å². The molecule has 0 spiro atoms. The third-order valence-corrected chi connectivity index (χ3v) is 1.67. The highest BCUT2D eigenvalue weighted by Gasteiger charge is 2.00. The zero-order valence-corrected chi connectivity index (χ0v) is 9.38. The Morgan fingerprint density at radius 3 is 2.60 bits per heavy atom. The molecule has 88 valence electrons. The third kappa shape index (κ3) is 9.37. The molecule has 0 aromatic rings. The van der Waals surface area contributed by atoms with Gasteiger partial charge in [0.25, 0.3) is 0 Å². The summed E-state index contributed by atoms with van der Waals surface area (Å²) in [5.74, 6) is -0.190. The van der Waals surface area contributed by atoms with Gasteiger partial charge in [-0.3, -0.25) is 9.59 Å². The second kappa shape index (κ2) is 9.61. The van der Waals surface area contributed by atoms with Crippen molar-refractivity contribution >= 4 is 11.8 Å². The largest absolute Gasteiger partial charge is 0.465 e. The van der Waals surface area contributed by atoms with Crippen LogP contribution >= 0.6 is 0 Å². The Morgan fingerprint density at radius 2 is 2.00 bits per heavy atom. The molecule has 5 nitrogen and oxygen atoms in total. The standard InChI is InChI=1S/C10H19NO4/c1-3-9(12)8-14-5-4-6-15-10(13)7-11-2/h11H,3-8H2,1-2H3. The van der Waals surface area contributed by atoms with Gasteiger partial charge in [-0.05, 0) is 7.05 Å². The zero-order valence-electron chi connectivity index (χ0n) is 9.38. The van der Waals surface area contributed by atoms with Gasteiger partial charge in [0.1, 0.15) is 6.61 Å². The van der Waals surface area contributed by atoms with Gasteiger partial charge in [0.05, 0.1) is 19.8 Å². The first-order valence-corrected chi connectivity index (χ1v) is 5.10. The van der Waals surface area contributed by atoms with Crippen LogP contribution in [0.25, 0.3) is 0 Å². The minimum absolute atomic E-state index is 0.0853. The lowest BCUT2D eigenvalue weighted by molar-refractivity contribution is -0.143. The van der Waals surface area contributed by atoms with Crippen LogP contribution in [0.15, 0.2) is 0 Å². The van der Waals surface area contributed by atoms with Gasteiger partial charge in [-0.25, -0.2) is 0 Å². The summed E-state index contributed by atoms with van der Waals surface area (Å²) in [4.78, 5) is 21.7. The molecule has 0 aromatic carbocycles. The molecule has 15 heavy (non-hydrogen) atoms. The molecule has 0 saturated carbocycles. The highest BCUT2D eigenvalue weighted by Crippen LogP contribution is 1.88. The maximum Gasteiger partial charge on any atom is 0.319 e. The molecule has 0 aliphatic rings. The Labute approximate surface area is 90.1 Å². The number of ether oxygens (including phenoxy) is 2. The molecule has 0 aliphatic carbocycles. The normalized spacial score (nSPS) is 10.0. The molecule has 0 aliphatic heterocycles. The van der Waals surface area contributed by atoms with Crippen molar-refractivity contribution in [2.45, 2.75) is 19.8 Å². The topological polar surface area (TPSA) is 64.6 Å². The molecule has 0 saturated heterocycles. The molecule has 0 fully saturated rings. The third-order valence-electron chi connectivity index (χ3n) is 1.67. The van der Waals surface area contributed by atoms with E-state index in [0.29, 0.717) is 26.1 Å². The van der Waals surface area contributed by atoms with Crippen molar-refractivity contribution in [3.8, 4) is 0 Å². The number of rotatable bonds is 9. The maximum absolute atomic E-state index is 10.9. The number of nitrogens with one attached hydrogen (secondary N) is 1. The zero-order chi connectivity index (χ0) is 11.5. The van der Waals surface area contributed by atoms with Gasteiger partial charge in [0.2, 0.25) is 0 Å². The van der Waals surface area contributed by atoms with E-state index in [9.17, 15) is 9.59 Å². The van der Waals surface area contributed by atoms with E-state index in [-0.39, 0.29) is 24.9 Å². The fourth-order valence-corrected chi connectivity index (χ4v) is 0.830. The van der Waals surface area contributed by atoms with Gasteiger partial charge in [0.15, 0.2) is 5.78 Å². The summed E-state index contributed by atoms with van der Waals surface area (Å²) in [6.45, 7) is 2.95. The van der Waals surface area contributed by atoms with Gasteiger partial charge in [-0.15, -0.1) is 0 Å². The molecule has 0 heterocycles. The lowest BCUT2D eigenvalue weighted by Gasteiger charge is -2.04. The Morgan fingerprint density at radius 1 is 1.27 bits per heavy atom. The first kappa shape index (κ1) is 14.1. The van der Waals surface area contributed by atoms with Crippen LogP contribution in [-0.4, -0.2) is 45.2 Å².